The van der Waals surface area contributed by atoms with Crippen molar-refractivity contribution in [1.29, 1.82) is 0 Å². The van der Waals surface area contributed by atoms with Crippen LogP contribution in [-0.2, 0) is 13.1 Å². The molecule has 0 atom stereocenters. The predicted octanol–water partition coefficient (Wildman–Crippen LogP) is 3.38. The second-order valence-corrected chi connectivity index (χ2v) is 5.10. The van der Waals surface area contributed by atoms with Crippen LogP contribution in [0, 0.1) is 6.92 Å². The van der Waals surface area contributed by atoms with Gasteiger partial charge in [-0.2, -0.15) is 0 Å². The van der Waals surface area contributed by atoms with E-state index >= 15 is 0 Å². The van der Waals surface area contributed by atoms with Gasteiger partial charge in [-0.15, -0.1) is 0 Å². The van der Waals surface area contributed by atoms with Crippen molar-refractivity contribution in [2.75, 3.05) is 7.05 Å². The summed E-state index contributed by atoms with van der Waals surface area (Å²) in [5, 5.41) is 0. The predicted molar refractivity (Wildman–Crippen MR) is 70.6 cm³/mol. The molecule has 2 rings (SSSR count). The highest BCUT2D eigenvalue weighted by Crippen LogP contribution is 2.14. The van der Waals surface area contributed by atoms with E-state index in [4.69, 9.17) is 4.42 Å². The average Bonchev–Trinajstić information content (AvgIpc) is 2.64. The van der Waals surface area contributed by atoms with Gasteiger partial charge in [0.05, 0.1) is 6.26 Å². The Morgan fingerprint density at radius 1 is 1.35 bits per heavy atom. The fourth-order valence-electron chi connectivity index (χ4n) is 1.78. The Labute approximate surface area is 110 Å². The Morgan fingerprint density at radius 2 is 2.18 bits per heavy atom. The summed E-state index contributed by atoms with van der Waals surface area (Å²) >= 11 is 3.43. The maximum Gasteiger partial charge on any atom is 0.105 e. The molecule has 0 unspecified atom stereocenters. The highest BCUT2D eigenvalue weighted by atomic mass is 79.9. The first-order valence-corrected chi connectivity index (χ1v) is 6.25. The Bertz CT molecular complexity index is 496. The normalized spacial score (nSPS) is 11.1. The van der Waals surface area contributed by atoms with Crippen LogP contribution in [0.3, 0.4) is 0 Å². The first-order chi connectivity index (χ1) is 8.15. The zero-order valence-corrected chi connectivity index (χ0v) is 11.6. The zero-order valence-electron chi connectivity index (χ0n) is 9.98. The Hall–Kier alpha value is -1.13. The summed E-state index contributed by atoms with van der Waals surface area (Å²) < 4.78 is 6.30. The Morgan fingerprint density at radius 3 is 2.82 bits per heavy atom. The van der Waals surface area contributed by atoms with E-state index in [1.807, 2.05) is 19.2 Å². The molecule has 0 saturated heterocycles. The van der Waals surface area contributed by atoms with Gasteiger partial charge in [0.25, 0.3) is 0 Å². The quantitative estimate of drug-likeness (QED) is 0.866. The van der Waals surface area contributed by atoms with Gasteiger partial charge in [-0.1, -0.05) is 0 Å². The zero-order chi connectivity index (χ0) is 12.3. The van der Waals surface area contributed by atoms with E-state index in [2.05, 4.69) is 38.9 Å². The van der Waals surface area contributed by atoms with E-state index in [1.165, 1.54) is 11.1 Å². The van der Waals surface area contributed by atoms with Crippen molar-refractivity contribution >= 4 is 15.9 Å². The van der Waals surface area contributed by atoms with E-state index in [9.17, 15) is 0 Å². The fraction of sp³-hybridized carbons (Fsp3) is 0.308. The van der Waals surface area contributed by atoms with Gasteiger partial charge < -0.3 is 4.42 Å². The van der Waals surface area contributed by atoms with Crippen LogP contribution in [-0.4, -0.2) is 16.9 Å². The lowest BCUT2D eigenvalue weighted by Gasteiger charge is -2.16. The number of aromatic nitrogens is 1. The molecule has 0 amide bonds. The van der Waals surface area contributed by atoms with Crippen LogP contribution in [0.1, 0.15) is 16.9 Å². The molecule has 2 heterocycles. The van der Waals surface area contributed by atoms with Crippen LogP contribution in [0.4, 0.5) is 0 Å². The van der Waals surface area contributed by atoms with Gasteiger partial charge in [0, 0.05) is 35.5 Å². The molecule has 0 spiro atoms. The topological polar surface area (TPSA) is 29.3 Å². The molecule has 2 aromatic heterocycles. The molecule has 3 nitrogen and oxygen atoms in total. The molecule has 0 aliphatic heterocycles. The Kier molecular flexibility index (Phi) is 3.97. The van der Waals surface area contributed by atoms with Crippen molar-refractivity contribution in [3.63, 3.8) is 0 Å². The van der Waals surface area contributed by atoms with Crippen LogP contribution < -0.4 is 0 Å². The van der Waals surface area contributed by atoms with Gasteiger partial charge in [0.15, 0.2) is 0 Å². The van der Waals surface area contributed by atoms with Crippen LogP contribution in [0.15, 0.2) is 39.7 Å². The number of hydrogen-bond donors (Lipinski definition) is 0. The molecule has 4 heteroatoms. The molecule has 2 aromatic rings. The van der Waals surface area contributed by atoms with Crippen molar-refractivity contribution in [2.45, 2.75) is 20.0 Å². The standard InChI is InChI=1S/C13H15BrN2O/c1-10-12(3-4-17-10)9-16(2)8-11-5-13(14)7-15-6-11/h3-7H,8-9H2,1-2H3. The maximum absolute atomic E-state index is 5.29. The molecule has 17 heavy (non-hydrogen) atoms. The van der Waals surface area contributed by atoms with Gasteiger partial charge >= 0.3 is 0 Å². The number of pyridine rings is 1. The molecular formula is C13H15BrN2O. The first-order valence-electron chi connectivity index (χ1n) is 5.46. The van der Waals surface area contributed by atoms with Crippen molar-refractivity contribution in [3.8, 4) is 0 Å². The van der Waals surface area contributed by atoms with Crippen molar-refractivity contribution in [3.05, 3.63) is 52.1 Å². The lowest BCUT2D eigenvalue weighted by atomic mass is 10.2. The van der Waals surface area contributed by atoms with Crippen LogP contribution >= 0.6 is 15.9 Å². The van der Waals surface area contributed by atoms with Gasteiger partial charge in [-0.3, -0.25) is 9.88 Å². The van der Waals surface area contributed by atoms with E-state index in [0.717, 1.165) is 23.3 Å². The Balaban J connectivity index is 1.98. The second-order valence-electron chi connectivity index (χ2n) is 4.19. The molecule has 0 aliphatic carbocycles. The van der Waals surface area contributed by atoms with Gasteiger partial charge in [0.2, 0.25) is 0 Å². The van der Waals surface area contributed by atoms with Crippen molar-refractivity contribution in [1.82, 2.24) is 9.88 Å². The summed E-state index contributed by atoms with van der Waals surface area (Å²) in [6, 6.07) is 4.11. The first kappa shape index (κ1) is 12.3. The number of nitrogens with zero attached hydrogens (tertiary/aromatic N) is 2. The monoisotopic (exact) mass is 294 g/mol. The number of aryl methyl sites for hydroxylation is 1. The van der Waals surface area contributed by atoms with Crippen molar-refractivity contribution < 1.29 is 4.42 Å². The summed E-state index contributed by atoms with van der Waals surface area (Å²) in [5.74, 6) is 0.990. The third-order valence-electron chi connectivity index (χ3n) is 2.62. The van der Waals surface area contributed by atoms with E-state index in [0.29, 0.717) is 0 Å². The summed E-state index contributed by atoms with van der Waals surface area (Å²) in [7, 11) is 2.09. The average molecular weight is 295 g/mol. The molecule has 0 bridgehead atoms. The molecule has 0 saturated carbocycles. The van der Waals surface area contributed by atoms with Crippen LogP contribution in [0.2, 0.25) is 0 Å². The number of rotatable bonds is 4. The minimum Gasteiger partial charge on any atom is -0.469 e. The minimum atomic E-state index is 0.872. The lowest BCUT2D eigenvalue weighted by molar-refractivity contribution is 0.316. The molecular weight excluding hydrogens is 280 g/mol. The number of furan rings is 1. The SMILES string of the molecule is Cc1occc1CN(C)Cc1cncc(Br)c1. The molecule has 0 aromatic carbocycles. The lowest BCUT2D eigenvalue weighted by Crippen LogP contribution is -2.17. The van der Waals surface area contributed by atoms with E-state index in [-0.39, 0.29) is 0 Å². The summed E-state index contributed by atoms with van der Waals surface area (Å²) in [6.45, 7) is 3.75. The minimum absolute atomic E-state index is 0.872. The summed E-state index contributed by atoms with van der Waals surface area (Å²) in [4.78, 5) is 6.40. The van der Waals surface area contributed by atoms with Gasteiger partial charge in [0.1, 0.15) is 5.76 Å². The summed E-state index contributed by atoms with van der Waals surface area (Å²) in [6.07, 6.45) is 5.42. The largest absolute Gasteiger partial charge is 0.469 e. The van der Waals surface area contributed by atoms with E-state index < -0.39 is 0 Å². The summed E-state index contributed by atoms with van der Waals surface area (Å²) in [5.41, 5.74) is 2.43. The third-order valence-corrected chi connectivity index (χ3v) is 3.05. The second kappa shape index (κ2) is 5.47. The van der Waals surface area contributed by atoms with Gasteiger partial charge in [-0.05, 0) is 47.6 Å². The fourth-order valence-corrected chi connectivity index (χ4v) is 2.19. The maximum atomic E-state index is 5.29. The van der Waals surface area contributed by atoms with Crippen LogP contribution in [0.5, 0.6) is 0 Å². The highest BCUT2D eigenvalue weighted by molar-refractivity contribution is 9.10. The third kappa shape index (κ3) is 3.41. The van der Waals surface area contributed by atoms with Crippen LogP contribution in [0.25, 0.3) is 0 Å². The van der Waals surface area contributed by atoms with Gasteiger partial charge in [-0.25, -0.2) is 0 Å². The molecule has 0 fully saturated rings. The number of hydrogen-bond acceptors (Lipinski definition) is 3. The molecule has 0 aliphatic rings. The van der Waals surface area contributed by atoms with Crippen molar-refractivity contribution in [2.24, 2.45) is 0 Å². The molecule has 90 valence electrons. The van der Waals surface area contributed by atoms with E-state index in [1.54, 1.807) is 12.5 Å². The molecule has 0 radical (unpaired) electrons. The molecule has 0 N–H and O–H groups in total. The highest BCUT2D eigenvalue weighted by Gasteiger charge is 2.06. The smallest absolute Gasteiger partial charge is 0.105 e. The number of halogens is 1.